The summed E-state index contributed by atoms with van der Waals surface area (Å²) in [6.45, 7) is 10.1. The zero-order valence-corrected chi connectivity index (χ0v) is 14.2. The van der Waals surface area contributed by atoms with Gasteiger partial charge in [-0.05, 0) is 25.1 Å². The molecule has 0 unspecified atom stereocenters. The molecule has 0 radical (unpaired) electrons. The average Bonchev–Trinajstić information content (AvgIpc) is 2.80. The van der Waals surface area contributed by atoms with Crippen LogP contribution in [-0.4, -0.2) is 12.6 Å². The number of hydrogen-bond acceptors (Lipinski definition) is 3. The van der Waals surface area contributed by atoms with Gasteiger partial charge in [0, 0.05) is 15.8 Å². The van der Waals surface area contributed by atoms with Gasteiger partial charge >= 0.3 is 5.97 Å². The van der Waals surface area contributed by atoms with Crippen LogP contribution in [0.15, 0.2) is 27.1 Å². The second kappa shape index (κ2) is 7.48. The molecule has 1 heterocycles. The first-order valence-corrected chi connectivity index (χ1v) is 7.73. The van der Waals surface area contributed by atoms with Gasteiger partial charge in [-0.2, -0.15) is 0 Å². The zero-order valence-electron chi connectivity index (χ0n) is 12.6. The maximum atomic E-state index is 12.1. The molecule has 4 heteroatoms. The SMILES string of the molecule is CC.CCOC(=O)c1c(C(C)C)oc2ccc(Br)cc12. The third kappa shape index (κ3) is 3.42. The summed E-state index contributed by atoms with van der Waals surface area (Å²) in [5, 5.41) is 0.798. The summed E-state index contributed by atoms with van der Waals surface area (Å²) in [7, 11) is 0. The van der Waals surface area contributed by atoms with E-state index in [1.54, 1.807) is 6.92 Å². The molecule has 0 aliphatic heterocycles. The molecule has 1 aromatic carbocycles. The molecule has 1 aromatic heterocycles. The maximum absolute atomic E-state index is 12.1. The van der Waals surface area contributed by atoms with Crippen LogP contribution in [0.25, 0.3) is 11.0 Å². The molecule has 0 atom stereocenters. The number of fused-ring (bicyclic) bond motifs is 1. The van der Waals surface area contributed by atoms with Crippen LogP contribution in [0.2, 0.25) is 0 Å². The van der Waals surface area contributed by atoms with Crippen molar-refractivity contribution in [1.82, 2.24) is 0 Å². The Hall–Kier alpha value is -1.29. The van der Waals surface area contributed by atoms with E-state index in [4.69, 9.17) is 9.15 Å². The Labute approximate surface area is 128 Å². The Bertz CT molecular complexity index is 585. The van der Waals surface area contributed by atoms with E-state index in [2.05, 4.69) is 15.9 Å². The Morgan fingerprint density at radius 2 is 2.00 bits per heavy atom. The number of hydrogen-bond donors (Lipinski definition) is 0. The molecule has 20 heavy (non-hydrogen) atoms. The summed E-state index contributed by atoms with van der Waals surface area (Å²) in [4.78, 5) is 12.1. The first-order chi connectivity index (χ1) is 9.54. The molecule has 0 N–H and O–H groups in total. The van der Waals surface area contributed by atoms with E-state index >= 15 is 0 Å². The van der Waals surface area contributed by atoms with Gasteiger partial charge in [0.1, 0.15) is 16.9 Å². The minimum absolute atomic E-state index is 0.135. The molecule has 0 amide bonds. The van der Waals surface area contributed by atoms with Crippen LogP contribution in [0.3, 0.4) is 0 Å². The highest BCUT2D eigenvalue weighted by atomic mass is 79.9. The van der Waals surface area contributed by atoms with Gasteiger partial charge in [-0.15, -0.1) is 0 Å². The Morgan fingerprint density at radius 3 is 2.55 bits per heavy atom. The van der Waals surface area contributed by atoms with Crippen LogP contribution in [0.5, 0.6) is 0 Å². The molecule has 0 aliphatic rings. The normalized spacial score (nSPS) is 10.3. The number of rotatable bonds is 3. The largest absolute Gasteiger partial charge is 0.462 e. The molecule has 3 nitrogen and oxygen atoms in total. The molecule has 110 valence electrons. The summed E-state index contributed by atoms with van der Waals surface area (Å²) in [5.74, 6) is 0.496. The van der Waals surface area contributed by atoms with Crippen molar-refractivity contribution in [2.45, 2.75) is 40.5 Å². The molecule has 2 rings (SSSR count). The minimum Gasteiger partial charge on any atom is -0.462 e. The van der Waals surface area contributed by atoms with Crippen LogP contribution in [0.4, 0.5) is 0 Å². The van der Waals surface area contributed by atoms with Gasteiger partial charge in [0.15, 0.2) is 0 Å². The first-order valence-electron chi connectivity index (χ1n) is 6.93. The van der Waals surface area contributed by atoms with E-state index in [0.29, 0.717) is 23.5 Å². The molecular formula is C16H21BrO3. The van der Waals surface area contributed by atoms with Crippen molar-refractivity contribution in [3.05, 3.63) is 34.0 Å². The summed E-state index contributed by atoms with van der Waals surface area (Å²) in [6.07, 6.45) is 0. The highest BCUT2D eigenvalue weighted by Crippen LogP contribution is 2.33. The molecule has 0 saturated heterocycles. The van der Waals surface area contributed by atoms with Gasteiger partial charge in [0.2, 0.25) is 0 Å². The third-order valence-corrected chi connectivity index (χ3v) is 3.17. The fourth-order valence-electron chi connectivity index (χ4n) is 1.91. The standard InChI is InChI=1S/C14H15BrO3.C2H6/c1-4-17-14(16)12-10-7-9(15)5-6-11(10)18-13(12)8(2)3;1-2/h5-8H,4H2,1-3H3;1-2H3. The van der Waals surface area contributed by atoms with Gasteiger partial charge in [-0.3, -0.25) is 0 Å². The lowest BCUT2D eigenvalue weighted by atomic mass is 10.0. The van der Waals surface area contributed by atoms with Crippen molar-refractivity contribution in [3.63, 3.8) is 0 Å². The summed E-state index contributed by atoms with van der Waals surface area (Å²) >= 11 is 3.41. The molecule has 0 spiro atoms. The van der Waals surface area contributed by atoms with Crippen molar-refractivity contribution in [1.29, 1.82) is 0 Å². The molecule has 0 bridgehead atoms. The lowest BCUT2D eigenvalue weighted by molar-refractivity contribution is 0.0525. The number of esters is 1. The Kier molecular flexibility index (Phi) is 6.27. The summed E-state index contributed by atoms with van der Waals surface area (Å²) in [6, 6.07) is 5.63. The molecule has 0 fully saturated rings. The van der Waals surface area contributed by atoms with E-state index in [0.717, 1.165) is 9.86 Å². The highest BCUT2D eigenvalue weighted by molar-refractivity contribution is 9.10. The Balaban J connectivity index is 0.000000956. The van der Waals surface area contributed by atoms with Crippen molar-refractivity contribution >= 4 is 32.9 Å². The first kappa shape index (κ1) is 16.8. The van der Waals surface area contributed by atoms with E-state index in [1.807, 2.05) is 45.9 Å². The Morgan fingerprint density at radius 1 is 1.35 bits per heavy atom. The maximum Gasteiger partial charge on any atom is 0.342 e. The van der Waals surface area contributed by atoms with Gasteiger partial charge in [0.25, 0.3) is 0 Å². The summed E-state index contributed by atoms with van der Waals surface area (Å²) < 4.78 is 11.8. The van der Waals surface area contributed by atoms with Gasteiger partial charge in [-0.25, -0.2) is 4.79 Å². The molecule has 2 aromatic rings. The van der Waals surface area contributed by atoms with Crippen molar-refractivity contribution in [2.24, 2.45) is 0 Å². The quantitative estimate of drug-likeness (QED) is 0.690. The number of ether oxygens (including phenoxy) is 1. The predicted molar refractivity (Wildman–Crippen MR) is 85.3 cm³/mol. The molecular weight excluding hydrogens is 320 g/mol. The van der Waals surface area contributed by atoms with E-state index < -0.39 is 0 Å². The number of halogens is 1. The van der Waals surface area contributed by atoms with Crippen molar-refractivity contribution in [3.8, 4) is 0 Å². The second-order valence-electron chi connectivity index (χ2n) is 4.36. The van der Waals surface area contributed by atoms with Crippen LogP contribution < -0.4 is 0 Å². The lowest BCUT2D eigenvalue weighted by Gasteiger charge is -2.05. The smallest absolute Gasteiger partial charge is 0.342 e. The fourth-order valence-corrected chi connectivity index (χ4v) is 2.27. The average molecular weight is 341 g/mol. The van der Waals surface area contributed by atoms with Crippen molar-refractivity contribution < 1.29 is 13.9 Å². The van der Waals surface area contributed by atoms with E-state index in [1.165, 1.54) is 0 Å². The van der Waals surface area contributed by atoms with Crippen LogP contribution >= 0.6 is 15.9 Å². The van der Waals surface area contributed by atoms with Gasteiger partial charge in [-0.1, -0.05) is 43.6 Å². The molecule has 0 aliphatic carbocycles. The molecule has 0 saturated carbocycles. The monoisotopic (exact) mass is 340 g/mol. The third-order valence-electron chi connectivity index (χ3n) is 2.68. The minimum atomic E-state index is -0.321. The summed E-state index contributed by atoms with van der Waals surface area (Å²) in [5.41, 5.74) is 1.26. The number of carbonyl (C=O) groups is 1. The lowest BCUT2D eigenvalue weighted by Crippen LogP contribution is -2.07. The van der Waals surface area contributed by atoms with Crippen LogP contribution in [0, 0.1) is 0 Å². The second-order valence-corrected chi connectivity index (χ2v) is 5.27. The number of benzene rings is 1. The predicted octanol–water partition coefficient (Wildman–Crippen LogP) is 5.52. The van der Waals surface area contributed by atoms with E-state index in [-0.39, 0.29) is 11.9 Å². The fraction of sp³-hybridized carbons (Fsp3) is 0.438. The zero-order chi connectivity index (χ0) is 15.3. The van der Waals surface area contributed by atoms with Crippen molar-refractivity contribution in [2.75, 3.05) is 6.61 Å². The van der Waals surface area contributed by atoms with Crippen LogP contribution in [0.1, 0.15) is 56.7 Å². The van der Waals surface area contributed by atoms with Crippen LogP contribution in [-0.2, 0) is 4.74 Å². The number of furan rings is 1. The van der Waals surface area contributed by atoms with Gasteiger partial charge in [0.05, 0.1) is 6.61 Å². The highest BCUT2D eigenvalue weighted by Gasteiger charge is 2.23. The van der Waals surface area contributed by atoms with Gasteiger partial charge < -0.3 is 9.15 Å². The topological polar surface area (TPSA) is 39.4 Å². The van der Waals surface area contributed by atoms with E-state index in [9.17, 15) is 4.79 Å². The number of carbonyl (C=O) groups excluding carboxylic acids is 1.